The molecule has 0 aliphatic heterocycles. The van der Waals surface area contributed by atoms with Gasteiger partial charge in [0, 0.05) is 0 Å². The number of pyridine rings is 1. The summed E-state index contributed by atoms with van der Waals surface area (Å²) >= 11 is 0. The van der Waals surface area contributed by atoms with Crippen molar-refractivity contribution in [1.29, 1.82) is 5.26 Å². The predicted molar refractivity (Wildman–Crippen MR) is 95.4 cm³/mol. The number of nitriles is 1. The maximum absolute atomic E-state index is 13.1. The van der Waals surface area contributed by atoms with E-state index in [-0.39, 0.29) is 30.0 Å². The second-order valence-corrected chi connectivity index (χ2v) is 6.76. The zero-order valence-corrected chi connectivity index (χ0v) is 15.1. The van der Waals surface area contributed by atoms with Gasteiger partial charge < -0.3 is 10.6 Å². The number of rotatable bonds is 4. The van der Waals surface area contributed by atoms with Crippen molar-refractivity contribution in [3.05, 3.63) is 47.5 Å². The lowest BCUT2D eigenvalue weighted by Crippen LogP contribution is -2.48. The van der Waals surface area contributed by atoms with E-state index in [0.29, 0.717) is 17.0 Å². The number of aryl methyl sites for hydroxylation is 1. The number of nitrogens with one attached hydrogen (secondary N) is 2. The smallest absolute Gasteiger partial charge is 0.337 e. The number of hydrogen-bond donors (Lipinski definition) is 2. The zero-order chi connectivity index (χ0) is 20.8. The van der Waals surface area contributed by atoms with Gasteiger partial charge in [0.15, 0.2) is 11.3 Å². The van der Waals surface area contributed by atoms with E-state index in [2.05, 4.69) is 20.4 Å². The molecule has 1 saturated carbocycles. The molecule has 0 atom stereocenters. The van der Waals surface area contributed by atoms with Gasteiger partial charge in [0.05, 0.1) is 17.6 Å². The molecule has 3 aromatic heterocycles. The fourth-order valence-electron chi connectivity index (χ4n) is 2.91. The fraction of sp³-hybridized carbons (Fsp3) is 0.278. The molecule has 4 rings (SSSR count). The van der Waals surface area contributed by atoms with E-state index in [9.17, 15) is 18.0 Å². The van der Waals surface area contributed by atoms with Crippen LogP contribution in [0.3, 0.4) is 0 Å². The van der Waals surface area contributed by atoms with Crippen molar-refractivity contribution >= 4 is 23.1 Å². The number of amides is 1. The first-order valence-corrected chi connectivity index (χ1v) is 8.61. The number of carbonyl (C=O) groups is 1. The number of aromatic nitrogens is 4. The van der Waals surface area contributed by atoms with Crippen molar-refractivity contribution < 1.29 is 18.0 Å². The SMILES string of the molecule is Cc1cc(Nc2cccc(C(=O)NC3(C(F)(F)F)CC3)n2)c2ncc(C#N)n2n1. The minimum Gasteiger partial charge on any atom is -0.337 e. The van der Waals surface area contributed by atoms with Crippen LogP contribution < -0.4 is 10.6 Å². The number of imidazole rings is 1. The van der Waals surface area contributed by atoms with Crippen molar-refractivity contribution in [1.82, 2.24) is 24.9 Å². The number of nitrogens with zero attached hydrogens (tertiary/aromatic N) is 5. The van der Waals surface area contributed by atoms with Crippen LogP contribution in [0.4, 0.5) is 24.7 Å². The van der Waals surface area contributed by atoms with E-state index in [1.807, 2.05) is 11.4 Å². The highest BCUT2D eigenvalue weighted by Crippen LogP contribution is 2.49. The Morgan fingerprint density at radius 2 is 2.10 bits per heavy atom. The van der Waals surface area contributed by atoms with E-state index in [1.54, 1.807) is 19.1 Å². The minimum absolute atomic E-state index is 0.143. The lowest BCUT2D eigenvalue weighted by molar-refractivity contribution is -0.163. The third-order valence-electron chi connectivity index (χ3n) is 4.59. The first-order valence-electron chi connectivity index (χ1n) is 8.61. The molecule has 0 saturated heterocycles. The third-order valence-corrected chi connectivity index (χ3v) is 4.59. The molecule has 3 aromatic rings. The molecule has 1 amide bonds. The van der Waals surface area contributed by atoms with E-state index in [1.165, 1.54) is 22.8 Å². The molecule has 29 heavy (non-hydrogen) atoms. The van der Waals surface area contributed by atoms with Gasteiger partial charge in [-0.25, -0.2) is 14.5 Å². The van der Waals surface area contributed by atoms with Gasteiger partial charge in [-0.1, -0.05) is 6.07 Å². The predicted octanol–water partition coefficient (Wildman–Crippen LogP) is 2.87. The van der Waals surface area contributed by atoms with E-state index < -0.39 is 17.6 Å². The second kappa shape index (κ2) is 6.44. The zero-order valence-electron chi connectivity index (χ0n) is 15.1. The highest BCUT2D eigenvalue weighted by Gasteiger charge is 2.64. The largest absolute Gasteiger partial charge is 0.411 e. The summed E-state index contributed by atoms with van der Waals surface area (Å²) in [6.07, 6.45) is -3.42. The molecule has 8 nitrogen and oxygen atoms in total. The van der Waals surface area contributed by atoms with Crippen LogP contribution in [-0.4, -0.2) is 37.2 Å². The normalized spacial score (nSPS) is 15.0. The molecule has 1 aliphatic rings. The minimum atomic E-state index is -4.50. The molecule has 0 radical (unpaired) electrons. The Kier molecular flexibility index (Phi) is 4.15. The molecule has 11 heteroatoms. The molecule has 2 N–H and O–H groups in total. The summed E-state index contributed by atoms with van der Waals surface area (Å²) in [4.78, 5) is 20.6. The van der Waals surface area contributed by atoms with Gasteiger partial charge >= 0.3 is 6.18 Å². The molecule has 0 aromatic carbocycles. The van der Waals surface area contributed by atoms with Crippen molar-refractivity contribution in [2.75, 3.05) is 5.32 Å². The van der Waals surface area contributed by atoms with Crippen LogP contribution in [0.1, 0.15) is 34.7 Å². The van der Waals surface area contributed by atoms with Gasteiger partial charge in [0.25, 0.3) is 5.91 Å². The van der Waals surface area contributed by atoms with Crippen molar-refractivity contribution in [3.8, 4) is 6.07 Å². The fourth-order valence-corrected chi connectivity index (χ4v) is 2.91. The Balaban J connectivity index is 1.61. The maximum atomic E-state index is 13.1. The van der Waals surface area contributed by atoms with E-state index in [4.69, 9.17) is 5.26 Å². The van der Waals surface area contributed by atoms with Crippen LogP contribution in [0.2, 0.25) is 0 Å². The molecule has 3 heterocycles. The van der Waals surface area contributed by atoms with Crippen LogP contribution >= 0.6 is 0 Å². The molecule has 0 unspecified atom stereocenters. The molecule has 148 valence electrons. The van der Waals surface area contributed by atoms with Gasteiger partial charge in [0.2, 0.25) is 0 Å². The summed E-state index contributed by atoms with van der Waals surface area (Å²) < 4.78 is 40.6. The average molecular weight is 401 g/mol. The maximum Gasteiger partial charge on any atom is 0.411 e. The number of anilines is 2. The van der Waals surface area contributed by atoms with E-state index >= 15 is 0 Å². The Bertz CT molecular complexity index is 1160. The Morgan fingerprint density at radius 3 is 2.76 bits per heavy atom. The quantitative estimate of drug-likeness (QED) is 0.696. The highest BCUT2D eigenvalue weighted by molar-refractivity contribution is 5.93. The summed E-state index contributed by atoms with van der Waals surface area (Å²) in [5.41, 5.74) is -0.601. The lowest BCUT2D eigenvalue weighted by atomic mass is 10.2. The number of hydrogen-bond acceptors (Lipinski definition) is 6. The number of carbonyl (C=O) groups excluding carboxylic acids is 1. The second-order valence-electron chi connectivity index (χ2n) is 6.76. The van der Waals surface area contributed by atoms with Gasteiger partial charge in [-0.3, -0.25) is 4.79 Å². The summed E-state index contributed by atoms with van der Waals surface area (Å²) in [6.45, 7) is 1.73. The molecular weight excluding hydrogens is 387 g/mol. The highest BCUT2D eigenvalue weighted by atomic mass is 19.4. The Hall–Kier alpha value is -3.68. The first kappa shape index (κ1) is 18.7. The monoisotopic (exact) mass is 401 g/mol. The standard InChI is InChI=1S/C18H14F3N7O/c1-10-7-13(15-23-9-11(8-22)28(15)27-10)25-14-4-2-3-12(24-14)16(29)26-17(5-6-17)18(19,20)21/h2-4,7,9H,5-6H2,1H3,(H,24,25)(H,26,29). The number of halogens is 3. The number of alkyl halides is 3. The Morgan fingerprint density at radius 1 is 1.34 bits per heavy atom. The molecule has 0 bridgehead atoms. The topological polar surface area (TPSA) is 108 Å². The lowest BCUT2D eigenvalue weighted by Gasteiger charge is -2.20. The molecule has 0 spiro atoms. The van der Waals surface area contributed by atoms with Gasteiger partial charge in [-0.2, -0.15) is 23.5 Å². The van der Waals surface area contributed by atoms with E-state index in [0.717, 1.165) is 0 Å². The van der Waals surface area contributed by atoms with Crippen molar-refractivity contribution in [3.63, 3.8) is 0 Å². The first-order chi connectivity index (χ1) is 13.7. The third kappa shape index (κ3) is 3.33. The average Bonchev–Trinajstić information content (AvgIpc) is 3.34. The summed E-state index contributed by atoms with van der Waals surface area (Å²) in [7, 11) is 0. The van der Waals surface area contributed by atoms with Crippen LogP contribution in [0, 0.1) is 18.3 Å². The van der Waals surface area contributed by atoms with Crippen LogP contribution in [-0.2, 0) is 0 Å². The summed E-state index contributed by atoms with van der Waals surface area (Å²) in [5, 5.41) is 18.4. The molecular formula is C18H14F3N7O. The Labute approximate surface area is 162 Å². The van der Waals surface area contributed by atoms with Crippen LogP contribution in [0.25, 0.3) is 5.65 Å². The van der Waals surface area contributed by atoms with Gasteiger partial charge in [-0.05, 0) is 38.0 Å². The van der Waals surface area contributed by atoms with Crippen molar-refractivity contribution in [2.45, 2.75) is 31.5 Å². The molecule has 1 fully saturated rings. The van der Waals surface area contributed by atoms with Gasteiger partial charge in [-0.15, -0.1) is 0 Å². The summed E-state index contributed by atoms with van der Waals surface area (Å²) in [5.74, 6) is -0.657. The molecule has 1 aliphatic carbocycles. The summed E-state index contributed by atoms with van der Waals surface area (Å²) in [6, 6.07) is 8.07. The number of fused-ring (bicyclic) bond motifs is 1. The van der Waals surface area contributed by atoms with Gasteiger partial charge in [0.1, 0.15) is 23.1 Å². The van der Waals surface area contributed by atoms with Crippen molar-refractivity contribution in [2.24, 2.45) is 0 Å². The van der Waals surface area contributed by atoms with Crippen LogP contribution in [0.15, 0.2) is 30.5 Å². The van der Waals surface area contributed by atoms with Crippen LogP contribution in [0.5, 0.6) is 0 Å².